The van der Waals surface area contributed by atoms with Gasteiger partial charge in [0.1, 0.15) is 0 Å². The molecular weight excluding hydrogens is 248 g/mol. The first kappa shape index (κ1) is 13.4. The van der Waals surface area contributed by atoms with E-state index in [2.05, 4.69) is 17.0 Å². The highest BCUT2D eigenvalue weighted by Gasteiger charge is 2.26. The topological polar surface area (TPSA) is 58.2 Å². The molecule has 0 spiro atoms. The highest BCUT2D eigenvalue weighted by atomic mass is 32.2. The van der Waals surface area contributed by atoms with E-state index in [-0.39, 0.29) is 5.25 Å². The molecule has 1 heterocycles. The van der Waals surface area contributed by atoms with Gasteiger partial charge in [0.15, 0.2) is 0 Å². The van der Waals surface area contributed by atoms with Crippen molar-refractivity contribution in [1.29, 1.82) is 0 Å². The first-order valence-corrected chi connectivity index (χ1v) is 7.98. The third-order valence-electron chi connectivity index (χ3n) is 3.29. The zero-order valence-corrected chi connectivity index (χ0v) is 11.5. The summed E-state index contributed by atoms with van der Waals surface area (Å²) in [6.45, 7) is 3.51. The van der Waals surface area contributed by atoms with Crippen molar-refractivity contribution in [3.8, 4) is 0 Å². The number of rotatable bonds is 4. The Labute approximate surface area is 109 Å². The Kier molecular flexibility index (Phi) is 4.24. The molecule has 100 valence electrons. The Bertz CT molecular complexity index is 493. The maximum absolute atomic E-state index is 12.2. The van der Waals surface area contributed by atoms with Crippen LogP contribution in [-0.4, -0.2) is 26.8 Å². The lowest BCUT2D eigenvalue weighted by Gasteiger charge is -2.23. The van der Waals surface area contributed by atoms with Gasteiger partial charge in [0.05, 0.1) is 5.25 Å². The van der Waals surface area contributed by atoms with Crippen LogP contribution in [0.4, 0.5) is 5.69 Å². The molecule has 1 atom stereocenters. The van der Waals surface area contributed by atoms with Crippen molar-refractivity contribution in [2.24, 2.45) is 0 Å². The monoisotopic (exact) mass is 268 g/mol. The lowest BCUT2D eigenvalue weighted by atomic mass is 10.1. The summed E-state index contributed by atoms with van der Waals surface area (Å²) in [6, 6.07) is 7.58. The van der Waals surface area contributed by atoms with Gasteiger partial charge in [0.25, 0.3) is 0 Å². The summed E-state index contributed by atoms with van der Waals surface area (Å²) in [6.07, 6.45) is 2.55. The van der Waals surface area contributed by atoms with Gasteiger partial charge in [-0.15, -0.1) is 0 Å². The van der Waals surface area contributed by atoms with E-state index in [4.69, 9.17) is 0 Å². The van der Waals surface area contributed by atoms with Crippen molar-refractivity contribution >= 4 is 15.7 Å². The van der Waals surface area contributed by atoms with Crippen LogP contribution in [0, 0.1) is 0 Å². The molecule has 0 aromatic heterocycles. The molecule has 1 aromatic rings. The molecule has 18 heavy (non-hydrogen) atoms. The molecule has 2 rings (SSSR count). The zero-order valence-electron chi connectivity index (χ0n) is 10.6. The second-order valence-electron chi connectivity index (χ2n) is 4.67. The van der Waals surface area contributed by atoms with Gasteiger partial charge in [0.2, 0.25) is 10.0 Å². The Hall–Kier alpha value is -1.07. The standard InChI is InChI=1S/C13H20N2O2S/c1-2-11-5-3-6-12(9-11)15-18(16,17)13-7-4-8-14-10-13/h3,5-6,9,13-15H,2,4,7-8,10H2,1H3. The number of anilines is 1. The average Bonchev–Trinajstić information content (AvgIpc) is 2.39. The molecule has 0 saturated carbocycles. The Morgan fingerprint density at radius 2 is 2.28 bits per heavy atom. The van der Waals surface area contributed by atoms with E-state index in [1.54, 1.807) is 6.07 Å². The fourth-order valence-corrected chi connectivity index (χ4v) is 3.62. The van der Waals surface area contributed by atoms with Crippen molar-refractivity contribution < 1.29 is 8.42 Å². The smallest absolute Gasteiger partial charge is 0.236 e. The van der Waals surface area contributed by atoms with Crippen LogP contribution in [0.2, 0.25) is 0 Å². The minimum atomic E-state index is -3.27. The van der Waals surface area contributed by atoms with E-state index in [9.17, 15) is 8.42 Å². The fourth-order valence-electron chi connectivity index (χ4n) is 2.19. The lowest BCUT2D eigenvalue weighted by Crippen LogP contribution is -2.41. The van der Waals surface area contributed by atoms with Crippen molar-refractivity contribution in [3.05, 3.63) is 29.8 Å². The summed E-state index contributed by atoms with van der Waals surface area (Å²) in [7, 11) is -3.27. The third-order valence-corrected chi connectivity index (χ3v) is 5.09. The van der Waals surface area contributed by atoms with Gasteiger partial charge in [-0.2, -0.15) is 0 Å². The quantitative estimate of drug-likeness (QED) is 0.874. The molecule has 1 unspecified atom stereocenters. The molecule has 1 aliphatic rings. The van der Waals surface area contributed by atoms with E-state index in [0.29, 0.717) is 12.2 Å². The molecule has 1 aliphatic heterocycles. The summed E-state index contributed by atoms with van der Waals surface area (Å²) in [5.41, 5.74) is 1.80. The Morgan fingerprint density at radius 3 is 2.94 bits per heavy atom. The number of sulfonamides is 1. The van der Waals surface area contributed by atoms with Crippen LogP contribution in [0.5, 0.6) is 0 Å². The van der Waals surface area contributed by atoms with E-state index >= 15 is 0 Å². The predicted molar refractivity (Wildman–Crippen MR) is 74.3 cm³/mol. The highest BCUT2D eigenvalue weighted by Crippen LogP contribution is 2.17. The normalized spacial score (nSPS) is 20.6. The molecular formula is C13H20N2O2S. The number of hydrogen-bond acceptors (Lipinski definition) is 3. The number of nitrogens with one attached hydrogen (secondary N) is 2. The van der Waals surface area contributed by atoms with Crippen molar-refractivity contribution in [2.45, 2.75) is 31.4 Å². The van der Waals surface area contributed by atoms with Gasteiger partial charge in [-0.1, -0.05) is 19.1 Å². The number of aryl methyl sites for hydroxylation is 1. The Balaban J connectivity index is 2.11. The second-order valence-corrected chi connectivity index (χ2v) is 6.63. The molecule has 0 radical (unpaired) electrons. The minimum absolute atomic E-state index is 0.323. The van der Waals surface area contributed by atoms with Gasteiger partial charge in [-0.05, 0) is 43.5 Å². The number of hydrogen-bond donors (Lipinski definition) is 2. The minimum Gasteiger partial charge on any atom is -0.315 e. The van der Waals surface area contributed by atoms with Gasteiger partial charge < -0.3 is 5.32 Å². The van der Waals surface area contributed by atoms with E-state index in [0.717, 1.165) is 31.4 Å². The summed E-state index contributed by atoms with van der Waals surface area (Å²) >= 11 is 0. The molecule has 1 saturated heterocycles. The van der Waals surface area contributed by atoms with Gasteiger partial charge in [-0.25, -0.2) is 8.42 Å². The SMILES string of the molecule is CCc1cccc(NS(=O)(=O)C2CCCNC2)c1. The van der Waals surface area contributed by atoms with E-state index in [1.165, 1.54) is 0 Å². The average molecular weight is 268 g/mol. The first-order valence-electron chi connectivity index (χ1n) is 6.43. The first-order chi connectivity index (χ1) is 8.62. The molecule has 0 amide bonds. The summed E-state index contributed by atoms with van der Waals surface area (Å²) in [4.78, 5) is 0. The molecule has 2 N–H and O–H groups in total. The molecule has 0 bridgehead atoms. The second kappa shape index (κ2) is 5.71. The van der Waals surface area contributed by atoms with Crippen LogP contribution >= 0.6 is 0 Å². The van der Waals surface area contributed by atoms with Crippen LogP contribution < -0.4 is 10.0 Å². The van der Waals surface area contributed by atoms with E-state index in [1.807, 2.05) is 18.2 Å². The van der Waals surface area contributed by atoms with Crippen molar-refractivity contribution in [3.63, 3.8) is 0 Å². The summed E-state index contributed by atoms with van der Waals surface area (Å²) in [5, 5.41) is 2.81. The van der Waals surface area contributed by atoms with Crippen molar-refractivity contribution in [2.75, 3.05) is 17.8 Å². The third kappa shape index (κ3) is 3.23. The highest BCUT2D eigenvalue weighted by molar-refractivity contribution is 7.93. The van der Waals surface area contributed by atoms with Crippen LogP contribution in [0.15, 0.2) is 24.3 Å². The summed E-state index contributed by atoms with van der Waals surface area (Å²) < 4.78 is 27.1. The van der Waals surface area contributed by atoms with Gasteiger partial charge in [0, 0.05) is 12.2 Å². The number of benzene rings is 1. The van der Waals surface area contributed by atoms with E-state index < -0.39 is 10.0 Å². The van der Waals surface area contributed by atoms with Crippen LogP contribution in [0.3, 0.4) is 0 Å². The van der Waals surface area contributed by atoms with Crippen LogP contribution in [0.25, 0.3) is 0 Å². The van der Waals surface area contributed by atoms with Crippen LogP contribution in [0.1, 0.15) is 25.3 Å². The number of piperidine rings is 1. The largest absolute Gasteiger partial charge is 0.315 e. The molecule has 1 aromatic carbocycles. The molecule has 4 nitrogen and oxygen atoms in total. The molecule has 1 fully saturated rings. The summed E-state index contributed by atoms with van der Waals surface area (Å²) in [5.74, 6) is 0. The predicted octanol–water partition coefficient (Wildman–Crippen LogP) is 1.74. The maximum Gasteiger partial charge on any atom is 0.236 e. The fraction of sp³-hybridized carbons (Fsp3) is 0.538. The van der Waals surface area contributed by atoms with Crippen molar-refractivity contribution in [1.82, 2.24) is 5.32 Å². The zero-order chi connectivity index (χ0) is 13.0. The maximum atomic E-state index is 12.2. The molecule has 5 heteroatoms. The Morgan fingerprint density at radius 1 is 1.44 bits per heavy atom. The molecule has 0 aliphatic carbocycles. The lowest BCUT2D eigenvalue weighted by molar-refractivity contribution is 0.499. The van der Waals surface area contributed by atoms with Gasteiger partial charge >= 0.3 is 0 Å². The van der Waals surface area contributed by atoms with Gasteiger partial charge in [-0.3, -0.25) is 4.72 Å². The van der Waals surface area contributed by atoms with Crippen LogP contribution in [-0.2, 0) is 16.4 Å².